The predicted octanol–water partition coefficient (Wildman–Crippen LogP) is 2.36. The fourth-order valence-electron chi connectivity index (χ4n) is 2.64. The Kier molecular flexibility index (Phi) is 3.97. The van der Waals surface area contributed by atoms with Gasteiger partial charge in [0, 0.05) is 13.1 Å². The molecule has 1 unspecified atom stereocenters. The third-order valence-electron chi connectivity index (χ3n) is 3.76. The van der Waals surface area contributed by atoms with E-state index >= 15 is 0 Å². The van der Waals surface area contributed by atoms with Crippen LogP contribution in [0.5, 0.6) is 0 Å². The Morgan fingerprint density at radius 2 is 2.05 bits per heavy atom. The number of fused-ring (bicyclic) bond motifs is 1. The molecule has 5 heteroatoms. The second-order valence-corrected chi connectivity index (χ2v) is 4.97. The van der Waals surface area contributed by atoms with Gasteiger partial charge in [-0.15, -0.1) is 0 Å². The van der Waals surface area contributed by atoms with E-state index in [0.717, 1.165) is 16.6 Å². The van der Waals surface area contributed by atoms with Crippen molar-refractivity contribution in [1.82, 2.24) is 14.5 Å². The first-order chi connectivity index (χ1) is 9.51. The zero-order valence-corrected chi connectivity index (χ0v) is 12.6. The minimum atomic E-state index is -0.346. The van der Waals surface area contributed by atoms with Crippen LogP contribution in [0.25, 0.3) is 11.0 Å². The van der Waals surface area contributed by atoms with Crippen LogP contribution in [0, 0.1) is 6.92 Å². The van der Waals surface area contributed by atoms with Gasteiger partial charge < -0.3 is 10.6 Å². The Morgan fingerprint density at radius 3 is 2.65 bits per heavy atom. The van der Waals surface area contributed by atoms with E-state index < -0.39 is 0 Å². The highest BCUT2D eigenvalue weighted by Gasteiger charge is 2.24. The van der Waals surface area contributed by atoms with Crippen LogP contribution in [0.3, 0.4) is 0 Å². The summed E-state index contributed by atoms with van der Waals surface area (Å²) in [5.41, 5.74) is 8.88. The normalized spacial score (nSPS) is 12.6. The lowest BCUT2D eigenvalue weighted by Crippen LogP contribution is -2.36. The Hall–Kier alpha value is -2.04. The van der Waals surface area contributed by atoms with Crippen LogP contribution in [-0.4, -0.2) is 33.4 Å². The van der Waals surface area contributed by atoms with Crippen LogP contribution in [0.15, 0.2) is 18.2 Å². The van der Waals surface area contributed by atoms with Crippen LogP contribution in [-0.2, 0) is 4.79 Å². The van der Waals surface area contributed by atoms with Crippen molar-refractivity contribution < 1.29 is 4.79 Å². The van der Waals surface area contributed by atoms with Crippen LogP contribution in [0.1, 0.15) is 32.4 Å². The minimum Gasteiger partial charge on any atom is -0.369 e. The summed E-state index contributed by atoms with van der Waals surface area (Å²) in [6, 6.07) is 5.53. The Morgan fingerprint density at radius 1 is 1.40 bits per heavy atom. The molecule has 0 bridgehead atoms. The maximum atomic E-state index is 12.5. The number of aromatic nitrogens is 2. The molecule has 1 aromatic carbocycles. The Labute approximate surface area is 119 Å². The number of likely N-dealkylation sites (N-methyl/N-ethyl adjacent to an activating group) is 1. The molecule has 5 nitrogen and oxygen atoms in total. The third-order valence-corrected chi connectivity index (χ3v) is 3.76. The number of carbonyl (C=O) groups excluding carboxylic acids is 1. The molecule has 20 heavy (non-hydrogen) atoms. The SMILES string of the molecule is CCN(CC)C(=O)C(C)n1c(N)nc2cccc(C)c21. The zero-order chi connectivity index (χ0) is 14.9. The number of nitrogens with zero attached hydrogens (tertiary/aromatic N) is 3. The van der Waals surface area contributed by atoms with Crippen LogP contribution >= 0.6 is 0 Å². The number of benzene rings is 1. The monoisotopic (exact) mass is 274 g/mol. The van der Waals surface area contributed by atoms with E-state index in [2.05, 4.69) is 4.98 Å². The first kappa shape index (κ1) is 14.4. The molecule has 1 aromatic heterocycles. The van der Waals surface area contributed by atoms with Gasteiger partial charge in [0.15, 0.2) is 0 Å². The van der Waals surface area contributed by atoms with Crippen LogP contribution in [0.4, 0.5) is 5.95 Å². The van der Waals surface area contributed by atoms with Crippen LogP contribution in [0.2, 0.25) is 0 Å². The Balaban J connectivity index is 2.52. The standard InChI is InChI=1S/C15H22N4O/c1-5-18(6-2)14(20)11(4)19-13-10(3)8-7-9-12(13)17-15(19)16/h7-9,11H,5-6H2,1-4H3,(H2,16,17). The zero-order valence-electron chi connectivity index (χ0n) is 12.6. The molecule has 0 radical (unpaired) electrons. The van der Waals surface area contributed by atoms with E-state index in [9.17, 15) is 4.79 Å². The third kappa shape index (κ3) is 2.24. The fraction of sp³-hybridized carbons (Fsp3) is 0.467. The number of carbonyl (C=O) groups is 1. The molecule has 0 aliphatic heterocycles. The number of nitrogen functional groups attached to an aromatic ring is 1. The lowest BCUT2D eigenvalue weighted by Gasteiger charge is -2.24. The van der Waals surface area contributed by atoms with E-state index in [1.54, 1.807) is 0 Å². The number of hydrogen-bond acceptors (Lipinski definition) is 3. The average Bonchev–Trinajstić information content (AvgIpc) is 2.76. The quantitative estimate of drug-likeness (QED) is 0.930. The van der Waals surface area contributed by atoms with Gasteiger partial charge in [-0.1, -0.05) is 12.1 Å². The predicted molar refractivity (Wildman–Crippen MR) is 81.5 cm³/mol. The second kappa shape index (κ2) is 5.53. The number of hydrogen-bond donors (Lipinski definition) is 1. The molecule has 2 rings (SSSR count). The molecule has 0 fully saturated rings. The molecule has 1 amide bonds. The van der Waals surface area contributed by atoms with Crippen molar-refractivity contribution in [3.8, 4) is 0 Å². The number of imidazole rings is 1. The lowest BCUT2D eigenvalue weighted by atomic mass is 10.2. The second-order valence-electron chi connectivity index (χ2n) is 4.97. The minimum absolute atomic E-state index is 0.0734. The van der Waals surface area contributed by atoms with Crippen molar-refractivity contribution in [2.75, 3.05) is 18.8 Å². The number of amides is 1. The van der Waals surface area contributed by atoms with Crippen molar-refractivity contribution >= 4 is 22.9 Å². The van der Waals surface area contributed by atoms with Crippen LogP contribution < -0.4 is 5.73 Å². The van der Waals surface area contributed by atoms with Gasteiger partial charge in [-0.3, -0.25) is 9.36 Å². The molecular weight excluding hydrogens is 252 g/mol. The highest BCUT2D eigenvalue weighted by Crippen LogP contribution is 2.26. The first-order valence-corrected chi connectivity index (χ1v) is 7.03. The summed E-state index contributed by atoms with van der Waals surface area (Å²) in [6.07, 6.45) is 0. The van der Waals surface area contributed by atoms with Crippen molar-refractivity contribution in [2.24, 2.45) is 0 Å². The van der Waals surface area contributed by atoms with Crippen molar-refractivity contribution in [3.63, 3.8) is 0 Å². The van der Waals surface area contributed by atoms with Gasteiger partial charge in [-0.2, -0.15) is 0 Å². The maximum absolute atomic E-state index is 12.5. The highest BCUT2D eigenvalue weighted by atomic mass is 16.2. The molecule has 0 aliphatic carbocycles. The summed E-state index contributed by atoms with van der Waals surface area (Å²) in [6.45, 7) is 9.25. The summed E-state index contributed by atoms with van der Waals surface area (Å²) in [7, 11) is 0. The maximum Gasteiger partial charge on any atom is 0.245 e. The number of anilines is 1. The molecule has 108 valence electrons. The lowest BCUT2D eigenvalue weighted by molar-refractivity contribution is -0.133. The molecule has 2 aromatic rings. The van der Waals surface area contributed by atoms with Crippen molar-refractivity contribution in [2.45, 2.75) is 33.7 Å². The molecule has 0 aliphatic rings. The average molecular weight is 274 g/mol. The molecule has 2 N–H and O–H groups in total. The first-order valence-electron chi connectivity index (χ1n) is 7.03. The summed E-state index contributed by atoms with van der Waals surface area (Å²) < 4.78 is 1.84. The largest absolute Gasteiger partial charge is 0.369 e. The van der Waals surface area contributed by atoms with Gasteiger partial charge in [0.2, 0.25) is 11.9 Å². The van der Waals surface area contributed by atoms with E-state index in [1.807, 2.05) is 55.4 Å². The number of rotatable bonds is 4. The summed E-state index contributed by atoms with van der Waals surface area (Å²) in [5.74, 6) is 0.464. The van der Waals surface area contributed by atoms with Gasteiger partial charge in [0.25, 0.3) is 0 Å². The van der Waals surface area contributed by atoms with E-state index in [0.29, 0.717) is 19.0 Å². The number of nitrogens with two attached hydrogens (primary N) is 1. The van der Waals surface area contributed by atoms with E-state index in [4.69, 9.17) is 5.73 Å². The van der Waals surface area contributed by atoms with Crippen molar-refractivity contribution in [3.05, 3.63) is 23.8 Å². The summed E-state index contributed by atoms with van der Waals surface area (Å²) >= 11 is 0. The summed E-state index contributed by atoms with van der Waals surface area (Å²) in [5, 5.41) is 0. The summed E-state index contributed by atoms with van der Waals surface area (Å²) in [4.78, 5) is 18.7. The number of para-hydroxylation sites is 1. The van der Waals surface area contributed by atoms with Gasteiger partial charge in [-0.05, 0) is 39.3 Å². The Bertz CT molecular complexity index is 628. The van der Waals surface area contributed by atoms with E-state index in [1.165, 1.54) is 0 Å². The topological polar surface area (TPSA) is 64.2 Å². The molecule has 1 heterocycles. The van der Waals surface area contributed by atoms with Gasteiger partial charge in [0.1, 0.15) is 6.04 Å². The molecule has 1 atom stereocenters. The smallest absolute Gasteiger partial charge is 0.245 e. The van der Waals surface area contributed by atoms with Crippen molar-refractivity contribution in [1.29, 1.82) is 0 Å². The molecule has 0 spiro atoms. The van der Waals surface area contributed by atoms with Gasteiger partial charge in [-0.25, -0.2) is 4.98 Å². The number of aryl methyl sites for hydroxylation is 1. The fourth-order valence-corrected chi connectivity index (χ4v) is 2.64. The molecule has 0 saturated heterocycles. The van der Waals surface area contributed by atoms with E-state index in [-0.39, 0.29) is 11.9 Å². The van der Waals surface area contributed by atoms with Gasteiger partial charge in [0.05, 0.1) is 11.0 Å². The highest BCUT2D eigenvalue weighted by molar-refractivity contribution is 5.87. The molecule has 0 saturated carbocycles. The molecular formula is C15H22N4O. The van der Waals surface area contributed by atoms with Gasteiger partial charge >= 0.3 is 0 Å².